The van der Waals surface area contributed by atoms with Gasteiger partial charge in [0, 0.05) is 35.4 Å². The average Bonchev–Trinajstić information content (AvgIpc) is 3.02. The van der Waals surface area contributed by atoms with E-state index in [0.717, 1.165) is 16.9 Å². The van der Waals surface area contributed by atoms with E-state index < -0.39 is 0 Å². The van der Waals surface area contributed by atoms with E-state index in [1.54, 1.807) is 29.0 Å². The Balaban J connectivity index is 1.80. The van der Waals surface area contributed by atoms with E-state index in [2.05, 4.69) is 25.4 Å². The number of pyridine rings is 1. The van der Waals surface area contributed by atoms with Crippen molar-refractivity contribution in [3.8, 4) is 11.4 Å². The third-order valence-electron chi connectivity index (χ3n) is 3.48. The maximum absolute atomic E-state index is 13.1. The minimum Gasteiger partial charge on any atom is -0.340 e. The van der Waals surface area contributed by atoms with E-state index in [9.17, 15) is 4.39 Å². The van der Waals surface area contributed by atoms with Crippen molar-refractivity contribution in [2.75, 3.05) is 5.32 Å². The van der Waals surface area contributed by atoms with Crippen LogP contribution in [0.15, 0.2) is 54.9 Å². The maximum atomic E-state index is 13.1. The van der Waals surface area contributed by atoms with Crippen LogP contribution in [0.5, 0.6) is 0 Å². The Morgan fingerprint density at radius 1 is 1.08 bits per heavy atom. The standard InChI is InChI=1S/C17H13FN6/c1-11-9-15(21-14-6-4-13(18)5-7-14)24-17(20-11)22-16(23-24)12-3-2-8-19-10-12/h2-10,21H,1H3. The second-order valence-corrected chi connectivity index (χ2v) is 5.30. The van der Waals surface area contributed by atoms with E-state index in [1.165, 1.54) is 12.1 Å². The van der Waals surface area contributed by atoms with Crippen LogP contribution < -0.4 is 5.32 Å². The van der Waals surface area contributed by atoms with Gasteiger partial charge in [0.05, 0.1) is 0 Å². The Morgan fingerprint density at radius 2 is 1.92 bits per heavy atom. The highest BCUT2D eigenvalue weighted by atomic mass is 19.1. The number of aryl methyl sites for hydroxylation is 1. The zero-order valence-electron chi connectivity index (χ0n) is 12.8. The number of nitrogens with zero attached hydrogens (tertiary/aromatic N) is 5. The minimum absolute atomic E-state index is 0.281. The molecular weight excluding hydrogens is 307 g/mol. The van der Waals surface area contributed by atoms with Gasteiger partial charge in [0.1, 0.15) is 11.6 Å². The first-order chi connectivity index (χ1) is 11.7. The van der Waals surface area contributed by atoms with Crippen molar-refractivity contribution in [1.29, 1.82) is 0 Å². The van der Waals surface area contributed by atoms with Gasteiger partial charge in [-0.25, -0.2) is 9.37 Å². The predicted octanol–water partition coefficient (Wildman–Crippen LogP) is 3.38. The largest absolute Gasteiger partial charge is 0.340 e. The molecule has 0 unspecified atom stereocenters. The fourth-order valence-corrected chi connectivity index (χ4v) is 2.37. The van der Waals surface area contributed by atoms with Crippen LogP contribution in [0.2, 0.25) is 0 Å². The highest BCUT2D eigenvalue weighted by Gasteiger charge is 2.11. The summed E-state index contributed by atoms with van der Waals surface area (Å²) < 4.78 is 14.7. The van der Waals surface area contributed by atoms with Gasteiger partial charge in [-0.2, -0.15) is 9.50 Å². The van der Waals surface area contributed by atoms with Gasteiger partial charge in [-0.05, 0) is 43.3 Å². The normalized spacial score (nSPS) is 10.9. The highest BCUT2D eigenvalue weighted by Crippen LogP contribution is 2.21. The van der Waals surface area contributed by atoms with Crippen molar-refractivity contribution in [3.05, 3.63) is 66.4 Å². The number of benzene rings is 1. The molecule has 0 bridgehead atoms. The molecule has 0 spiro atoms. The molecule has 24 heavy (non-hydrogen) atoms. The third kappa shape index (κ3) is 2.67. The van der Waals surface area contributed by atoms with Gasteiger partial charge in [0.15, 0.2) is 5.82 Å². The van der Waals surface area contributed by atoms with Crippen molar-refractivity contribution in [2.45, 2.75) is 6.92 Å². The fourth-order valence-electron chi connectivity index (χ4n) is 2.37. The Morgan fingerprint density at radius 3 is 2.67 bits per heavy atom. The number of aromatic nitrogens is 5. The molecule has 0 saturated heterocycles. The first kappa shape index (κ1) is 14.3. The number of halogens is 1. The van der Waals surface area contributed by atoms with Crippen LogP contribution in [-0.2, 0) is 0 Å². The molecule has 3 heterocycles. The molecule has 0 fully saturated rings. The van der Waals surface area contributed by atoms with E-state index in [1.807, 2.05) is 25.1 Å². The van der Waals surface area contributed by atoms with Gasteiger partial charge in [-0.3, -0.25) is 4.98 Å². The zero-order chi connectivity index (χ0) is 16.5. The summed E-state index contributed by atoms with van der Waals surface area (Å²) in [6.45, 7) is 1.88. The molecule has 7 heteroatoms. The summed E-state index contributed by atoms with van der Waals surface area (Å²) in [6.07, 6.45) is 3.40. The van der Waals surface area contributed by atoms with Crippen LogP contribution in [-0.4, -0.2) is 24.6 Å². The summed E-state index contributed by atoms with van der Waals surface area (Å²) in [6, 6.07) is 11.7. The van der Waals surface area contributed by atoms with Crippen molar-refractivity contribution in [3.63, 3.8) is 0 Å². The molecule has 0 amide bonds. The number of rotatable bonds is 3. The number of anilines is 2. The van der Waals surface area contributed by atoms with Gasteiger partial charge in [-0.15, -0.1) is 5.10 Å². The minimum atomic E-state index is -0.281. The third-order valence-corrected chi connectivity index (χ3v) is 3.48. The molecule has 0 saturated carbocycles. The van der Waals surface area contributed by atoms with Gasteiger partial charge < -0.3 is 5.32 Å². The molecule has 4 aromatic rings. The first-order valence-corrected chi connectivity index (χ1v) is 7.36. The van der Waals surface area contributed by atoms with Crippen LogP contribution in [0, 0.1) is 12.7 Å². The molecule has 4 rings (SSSR count). The van der Waals surface area contributed by atoms with Crippen LogP contribution >= 0.6 is 0 Å². The second-order valence-electron chi connectivity index (χ2n) is 5.30. The van der Waals surface area contributed by atoms with Gasteiger partial charge in [-0.1, -0.05) is 0 Å². The van der Waals surface area contributed by atoms with Crippen molar-refractivity contribution in [1.82, 2.24) is 24.6 Å². The molecule has 1 aromatic carbocycles. The number of fused-ring (bicyclic) bond motifs is 1. The lowest BCUT2D eigenvalue weighted by atomic mass is 10.3. The summed E-state index contributed by atoms with van der Waals surface area (Å²) in [7, 11) is 0. The Labute approximate surface area is 137 Å². The second kappa shape index (κ2) is 5.69. The van der Waals surface area contributed by atoms with Crippen LogP contribution in [0.25, 0.3) is 17.2 Å². The van der Waals surface area contributed by atoms with Crippen LogP contribution in [0.4, 0.5) is 15.9 Å². The summed E-state index contributed by atoms with van der Waals surface area (Å²) in [5, 5.41) is 7.72. The number of nitrogens with one attached hydrogen (secondary N) is 1. The molecule has 0 radical (unpaired) electrons. The highest BCUT2D eigenvalue weighted by molar-refractivity contribution is 5.61. The Hall–Kier alpha value is -3.35. The lowest BCUT2D eigenvalue weighted by Crippen LogP contribution is -2.02. The number of hydrogen-bond acceptors (Lipinski definition) is 5. The lowest BCUT2D eigenvalue weighted by Gasteiger charge is -2.08. The quantitative estimate of drug-likeness (QED) is 0.627. The van der Waals surface area contributed by atoms with E-state index in [4.69, 9.17) is 0 Å². The lowest BCUT2D eigenvalue weighted by molar-refractivity contribution is 0.628. The first-order valence-electron chi connectivity index (χ1n) is 7.36. The molecule has 3 aromatic heterocycles. The van der Waals surface area contributed by atoms with Crippen LogP contribution in [0.3, 0.4) is 0 Å². The van der Waals surface area contributed by atoms with Gasteiger partial charge in [0.25, 0.3) is 5.78 Å². The van der Waals surface area contributed by atoms with E-state index in [-0.39, 0.29) is 5.82 Å². The molecule has 0 aliphatic rings. The molecule has 1 N–H and O–H groups in total. The summed E-state index contributed by atoms with van der Waals surface area (Å²) >= 11 is 0. The Bertz CT molecular complexity index is 995. The van der Waals surface area contributed by atoms with Crippen molar-refractivity contribution >= 4 is 17.3 Å². The van der Waals surface area contributed by atoms with Gasteiger partial charge in [0.2, 0.25) is 0 Å². The maximum Gasteiger partial charge on any atom is 0.254 e. The summed E-state index contributed by atoms with van der Waals surface area (Å²) in [4.78, 5) is 13.0. The Kier molecular flexibility index (Phi) is 3.38. The van der Waals surface area contributed by atoms with Crippen molar-refractivity contribution < 1.29 is 4.39 Å². The average molecular weight is 320 g/mol. The van der Waals surface area contributed by atoms with E-state index in [0.29, 0.717) is 17.4 Å². The molecular formula is C17H13FN6. The van der Waals surface area contributed by atoms with Crippen LogP contribution in [0.1, 0.15) is 5.69 Å². The van der Waals surface area contributed by atoms with E-state index >= 15 is 0 Å². The molecule has 0 atom stereocenters. The molecule has 0 aliphatic carbocycles. The molecule has 118 valence electrons. The number of hydrogen-bond donors (Lipinski definition) is 1. The molecule has 6 nitrogen and oxygen atoms in total. The monoisotopic (exact) mass is 320 g/mol. The van der Waals surface area contributed by atoms with Gasteiger partial charge >= 0.3 is 0 Å². The predicted molar refractivity (Wildman–Crippen MR) is 88.4 cm³/mol. The zero-order valence-corrected chi connectivity index (χ0v) is 12.8. The molecule has 0 aliphatic heterocycles. The summed E-state index contributed by atoms with van der Waals surface area (Å²) in [5.41, 5.74) is 2.37. The SMILES string of the molecule is Cc1cc(Nc2ccc(F)cc2)n2nc(-c3cccnc3)nc2n1. The fraction of sp³-hybridized carbons (Fsp3) is 0.0588. The summed E-state index contributed by atoms with van der Waals surface area (Å²) in [5.74, 6) is 1.45. The van der Waals surface area contributed by atoms with Crippen molar-refractivity contribution in [2.24, 2.45) is 0 Å². The smallest absolute Gasteiger partial charge is 0.254 e. The topological polar surface area (TPSA) is 68.0 Å².